The number of nitrogens with zero attached hydrogens (tertiary/aromatic N) is 2. The maximum atomic E-state index is 13.2. The van der Waals surface area contributed by atoms with Crippen LogP contribution in [-0.4, -0.2) is 69.4 Å². The van der Waals surface area contributed by atoms with Crippen molar-refractivity contribution >= 4 is 15.9 Å². The highest BCUT2D eigenvalue weighted by Crippen LogP contribution is 2.26. The number of nitrogens with one attached hydrogen (secondary N) is 1. The number of piperidine rings is 1. The molecule has 0 radical (unpaired) electrons. The highest BCUT2D eigenvalue weighted by molar-refractivity contribution is 7.89. The molecule has 0 atom stereocenters. The summed E-state index contributed by atoms with van der Waals surface area (Å²) < 4.78 is 33.3. The van der Waals surface area contributed by atoms with E-state index in [0.717, 1.165) is 58.2 Å². The van der Waals surface area contributed by atoms with Crippen LogP contribution in [0.2, 0.25) is 0 Å². The van der Waals surface area contributed by atoms with E-state index in [0.29, 0.717) is 18.8 Å². The Labute approximate surface area is 187 Å². The fraction of sp³-hybridized carbons (Fsp3) is 0.696. The van der Waals surface area contributed by atoms with Gasteiger partial charge >= 0.3 is 0 Å². The molecular formula is C23H37N3O4S. The fourth-order valence-electron chi connectivity index (χ4n) is 4.40. The normalized spacial score (nSPS) is 19.7. The van der Waals surface area contributed by atoms with Crippen molar-refractivity contribution < 1.29 is 17.9 Å². The molecule has 1 amide bonds. The molecule has 1 N–H and O–H groups in total. The van der Waals surface area contributed by atoms with Crippen molar-refractivity contribution in [3.63, 3.8) is 0 Å². The molecule has 7 nitrogen and oxygen atoms in total. The molecule has 2 fully saturated rings. The molecule has 8 heteroatoms. The second kappa shape index (κ2) is 11.3. The monoisotopic (exact) mass is 451 g/mol. The Balaban J connectivity index is 1.71. The lowest BCUT2D eigenvalue weighted by Gasteiger charge is -2.32. The van der Waals surface area contributed by atoms with Crippen molar-refractivity contribution in [1.82, 2.24) is 14.5 Å². The van der Waals surface area contributed by atoms with Gasteiger partial charge in [0.05, 0.1) is 17.6 Å². The predicted molar refractivity (Wildman–Crippen MR) is 122 cm³/mol. The van der Waals surface area contributed by atoms with Crippen LogP contribution < -0.4 is 10.1 Å². The minimum Gasteiger partial charge on any atom is -0.496 e. The van der Waals surface area contributed by atoms with E-state index in [1.54, 1.807) is 16.4 Å². The van der Waals surface area contributed by atoms with Gasteiger partial charge in [-0.3, -0.25) is 4.79 Å². The Morgan fingerprint density at radius 1 is 1.10 bits per heavy atom. The largest absolute Gasteiger partial charge is 0.496 e. The van der Waals surface area contributed by atoms with Gasteiger partial charge in [-0.05, 0) is 56.8 Å². The van der Waals surface area contributed by atoms with Gasteiger partial charge in [-0.25, -0.2) is 8.42 Å². The molecule has 1 aromatic carbocycles. The maximum Gasteiger partial charge on any atom is 0.255 e. The van der Waals surface area contributed by atoms with E-state index in [-0.39, 0.29) is 22.4 Å². The smallest absolute Gasteiger partial charge is 0.255 e. The summed E-state index contributed by atoms with van der Waals surface area (Å²) >= 11 is 0. The number of amides is 1. The summed E-state index contributed by atoms with van der Waals surface area (Å²) in [6, 6.07) is 4.71. The van der Waals surface area contributed by atoms with E-state index in [4.69, 9.17) is 4.74 Å². The van der Waals surface area contributed by atoms with Crippen molar-refractivity contribution in [3.8, 4) is 5.75 Å². The van der Waals surface area contributed by atoms with Crippen LogP contribution in [0.15, 0.2) is 23.1 Å². The van der Waals surface area contributed by atoms with Crippen LogP contribution >= 0.6 is 0 Å². The Hall–Kier alpha value is -1.64. The second-order valence-electron chi connectivity index (χ2n) is 8.62. The lowest BCUT2D eigenvalue weighted by molar-refractivity contribution is 0.0907. The summed E-state index contributed by atoms with van der Waals surface area (Å²) in [6.07, 6.45) is 8.06. The van der Waals surface area contributed by atoms with Crippen LogP contribution in [0.3, 0.4) is 0 Å². The minimum atomic E-state index is -3.62. The van der Waals surface area contributed by atoms with E-state index in [1.807, 2.05) is 0 Å². The van der Waals surface area contributed by atoms with Crippen molar-refractivity contribution in [3.05, 3.63) is 23.8 Å². The molecule has 0 aliphatic carbocycles. The zero-order chi connectivity index (χ0) is 22.3. The lowest BCUT2D eigenvalue weighted by atomic mass is 10.0. The average Bonchev–Trinajstić information content (AvgIpc) is 3.08. The number of carbonyl (C=O) groups excluding carboxylic acids is 1. The molecule has 0 unspecified atom stereocenters. The third-order valence-corrected chi connectivity index (χ3v) is 8.26. The van der Waals surface area contributed by atoms with Gasteiger partial charge in [0, 0.05) is 32.2 Å². The maximum absolute atomic E-state index is 13.2. The molecule has 2 aliphatic rings. The molecule has 3 rings (SSSR count). The molecule has 2 saturated heterocycles. The zero-order valence-electron chi connectivity index (χ0n) is 18.9. The SMILES string of the molecule is CCCCN1CCC(NC(=O)c2cc(S(=O)(=O)N3CCCCCC3)ccc2OC)CC1. The van der Waals surface area contributed by atoms with E-state index in [2.05, 4.69) is 17.1 Å². The van der Waals surface area contributed by atoms with Crippen LogP contribution in [0.25, 0.3) is 0 Å². The van der Waals surface area contributed by atoms with Crippen molar-refractivity contribution in [2.75, 3.05) is 39.8 Å². The van der Waals surface area contributed by atoms with Gasteiger partial charge in [0.1, 0.15) is 5.75 Å². The second-order valence-corrected chi connectivity index (χ2v) is 10.6. The van der Waals surface area contributed by atoms with Gasteiger partial charge in [0.25, 0.3) is 5.91 Å². The first kappa shape index (κ1) is 24.0. The first-order valence-electron chi connectivity index (χ1n) is 11.7. The van der Waals surface area contributed by atoms with Gasteiger partial charge in [0.2, 0.25) is 10.0 Å². The van der Waals surface area contributed by atoms with Crippen molar-refractivity contribution in [2.45, 2.75) is 69.2 Å². The molecule has 174 valence electrons. The number of benzene rings is 1. The Bertz CT molecular complexity index is 827. The van der Waals surface area contributed by atoms with Crippen LogP contribution in [0.1, 0.15) is 68.6 Å². The van der Waals surface area contributed by atoms with Crippen LogP contribution in [0.4, 0.5) is 0 Å². The number of unbranched alkanes of at least 4 members (excludes halogenated alkanes) is 1. The summed E-state index contributed by atoms with van der Waals surface area (Å²) in [5.41, 5.74) is 0.284. The summed E-state index contributed by atoms with van der Waals surface area (Å²) in [5.74, 6) is 0.129. The molecule has 31 heavy (non-hydrogen) atoms. The number of hydrogen-bond donors (Lipinski definition) is 1. The molecule has 2 heterocycles. The van der Waals surface area contributed by atoms with E-state index in [1.165, 1.54) is 26.0 Å². The Morgan fingerprint density at radius 2 is 1.77 bits per heavy atom. The summed E-state index contributed by atoms with van der Waals surface area (Å²) in [6.45, 7) is 6.33. The predicted octanol–water partition coefficient (Wildman–Crippen LogP) is 3.25. The third-order valence-electron chi connectivity index (χ3n) is 6.37. The number of likely N-dealkylation sites (tertiary alicyclic amines) is 1. The Morgan fingerprint density at radius 3 is 2.39 bits per heavy atom. The highest BCUT2D eigenvalue weighted by Gasteiger charge is 2.28. The quantitative estimate of drug-likeness (QED) is 0.656. The minimum absolute atomic E-state index is 0.0981. The lowest BCUT2D eigenvalue weighted by Crippen LogP contribution is -2.45. The fourth-order valence-corrected chi connectivity index (χ4v) is 5.95. The molecule has 0 aromatic heterocycles. The van der Waals surface area contributed by atoms with Crippen LogP contribution in [0.5, 0.6) is 5.75 Å². The first-order valence-corrected chi connectivity index (χ1v) is 13.1. The molecule has 0 bridgehead atoms. The van der Waals surface area contributed by atoms with Gasteiger partial charge in [-0.2, -0.15) is 4.31 Å². The summed E-state index contributed by atoms with van der Waals surface area (Å²) in [5, 5.41) is 3.10. The molecular weight excluding hydrogens is 414 g/mol. The standard InChI is InChI=1S/C23H37N3O4S/c1-3-4-13-25-16-11-19(12-17-25)24-23(27)21-18-20(9-10-22(21)30-2)31(28,29)26-14-7-5-6-8-15-26/h9-10,18-19H,3-8,11-17H2,1-2H3,(H,24,27). The third kappa shape index (κ3) is 6.20. The van der Waals surface area contributed by atoms with Crippen LogP contribution in [0, 0.1) is 0 Å². The van der Waals surface area contributed by atoms with Gasteiger partial charge in [-0.15, -0.1) is 0 Å². The van der Waals surface area contributed by atoms with Gasteiger partial charge < -0.3 is 15.0 Å². The van der Waals surface area contributed by atoms with Crippen molar-refractivity contribution in [2.24, 2.45) is 0 Å². The summed E-state index contributed by atoms with van der Waals surface area (Å²) in [7, 11) is -2.12. The Kier molecular flexibility index (Phi) is 8.75. The molecule has 0 saturated carbocycles. The van der Waals surface area contributed by atoms with Gasteiger partial charge in [0.15, 0.2) is 0 Å². The number of rotatable bonds is 8. The van der Waals surface area contributed by atoms with E-state index >= 15 is 0 Å². The van der Waals surface area contributed by atoms with E-state index in [9.17, 15) is 13.2 Å². The van der Waals surface area contributed by atoms with Crippen LogP contribution in [-0.2, 0) is 10.0 Å². The average molecular weight is 452 g/mol. The molecule has 2 aliphatic heterocycles. The first-order chi connectivity index (χ1) is 15.0. The number of hydrogen-bond acceptors (Lipinski definition) is 5. The summed E-state index contributed by atoms with van der Waals surface area (Å²) in [4.78, 5) is 15.7. The number of sulfonamides is 1. The number of carbonyl (C=O) groups is 1. The topological polar surface area (TPSA) is 79.0 Å². The molecule has 0 spiro atoms. The van der Waals surface area contributed by atoms with Gasteiger partial charge in [-0.1, -0.05) is 26.2 Å². The highest BCUT2D eigenvalue weighted by atomic mass is 32.2. The number of ether oxygens (including phenoxy) is 1. The number of methoxy groups -OCH3 is 1. The zero-order valence-corrected chi connectivity index (χ0v) is 19.8. The van der Waals surface area contributed by atoms with E-state index < -0.39 is 10.0 Å². The molecule has 1 aromatic rings. The van der Waals surface area contributed by atoms with Crippen molar-refractivity contribution in [1.29, 1.82) is 0 Å².